The summed E-state index contributed by atoms with van der Waals surface area (Å²) in [5.74, 6) is -0.138. The predicted molar refractivity (Wildman–Crippen MR) is 71.9 cm³/mol. The van der Waals surface area contributed by atoms with Crippen LogP contribution in [0, 0.1) is 11.3 Å². The maximum atomic E-state index is 11.4. The van der Waals surface area contributed by atoms with Gasteiger partial charge in [0.25, 0.3) is 0 Å². The molecule has 0 amide bonds. The number of rotatable bonds is 6. The Kier molecular flexibility index (Phi) is 3.79. The van der Waals surface area contributed by atoms with Crippen LogP contribution < -0.4 is 11.1 Å². The van der Waals surface area contributed by atoms with E-state index in [0.717, 1.165) is 0 Å². The lowest BCUT2D eigenvalue weighted by atomic mass is 9.66. The molecule has 8 heteroatoms. The minimum atomic E-state index is -0.775. The van der Waals surface area contributed by atoms with Gasteiger partial charge < -0.3 is 16.2 Å². The van der Waals surface area contributed by atoms with E-state index in [2.05, 4.69) is 25.9 Å². The highest BCUT2D eigenvalue weighted by molar-refractivity contribution is 5.74. The van der Waals surface area contributed by atoms with Crippen molar-refractivity contribution in [1.29, 1.82) is 0 Å². The van der Waals surface area contributed by atoms with E-state index in [0.29, 0.717) is 25.3 Å². The molecule has 1 saturated heterocycles. The Hall–Kier alpha value is -1.54. The third-order valence-electron chi connectivity index (χ3n) is 4.57. The number of hydrogen-bond acceptors (Lipinski definition) is 6. The highest BCUT2D eigenvalue weighted by Gasteiger charge is 2.48. The van der Waals surface area contributed by atoms with Crippen molar-refractivity contribution in [2.75, 3.05) is 13.1 Å². The number of nitrogens with one attached hydrogen (secondary N) is 2. The van der Waals surface area contributed by atoms with Crippen LogP contribution in [0.1, 0.15) is 33.0 Å². The van der Waals surface area contributed by atoms with Gasteiger partial charge in [-0.25, -0.2) is 0 Å². The summed E-state index contributed by atoms with van der Waals surface area (Å²) in [6.07, 6.45) is 0.685. The van der Waals surface area contributed by atoms with E-state index in [-0.39, 0.29) is 12.0 Å². The highest BCUT2D eigenvalue weighted by Crippen LogP contribution is 2.39. The minimum absolute atomic E-state index is 0.0674. The summed E-state index contributed by atoms with van der Waals surface area (Å²) in [7, 11) is 0. The van der Waals surface area contributed by atoms with Gasteiger partial charge in [-0.3, -0.25) is 4.79 Å². The number of aromatic nitrogens is 4. The molecule has 2 heterocycles. The summed E-state index contributed by atoms with van der Waals surface area (Å²) in [5.41, 5.74) is 4.69. The number of hydrogen-bond donors (Lipinski definition) is 4. The first kappa shape index (κ1) is 14.9. The molecule has 1 aromatic rings. The number of tetrazole rings is 1. The third-order valence-corrected chi connectivity index (χ3v) is 4.57. The first-order valence-electron chi connectivity index (χ1n) is 6.72. The number of nitrogens with zero attached hydrogens (tertiary/aromatic N) is 3. The fourth-order valence-electron chi connectivity index (χ4n) is 2.70. The summed E-state index contributed by atoms with van der Waals surface area (Å²) < 4.78 is 0. The summed E-state index contributed by atoms with van der Waals surface area (Å²) in [5, 5.41) is 26.7. The summed E-state index contributed by atoms with van der Waals surface area (Å²) in [6, 6.07) is 0.0909. The van der Waals surface area contributed by atoms with E-state index in [1.165, 1.54) is 0 Å². The molecule has 1 aliphatic rings. The molecule has 1 aromatic heterocycles. The van der Waals surface area contributed by atoms with Crippen molar-refractivity contribution < 1.29 is 9.90 Å². The van der Waals surface area contributed by atoms with Crippen molar-refractivity contribution in [3.8, 4) is 0 Å². The van der Waals surface area contributed by atoms with Crippen molar-refractivity contribution in [1.82, 2.24) is 25.9 Å². The van der Waals surface area contributed by atoms with Crippen molar-refractivity contribution in [3.05, 3.63) is 5.82 Å². The standard InChI is InChI=1S/C12H22N6O2/c1-11(2,10(19)20)7-5-14-8(7)4-12(3,6-13)9-15-17-18-16-9/h7-8,14H,4-6,13H2,1-3H3,(H,19,20)(H,15,16,17,18). The number of H-pyrrole nitrogens is 1. The Morgan fingerprint density at radius 2 is 2.20 bits per heavy atom. The lowest BCUT2D eigenvalue weighted by molar-refractivity contribution is -0.153. The molecular weight excluding hydrogens is 260 g/mol. The molecule has 3 atom stereocenters. The largest absolute Gasteiger partial charge is 0.481 e. The number of nitrogens with two attached hydrogens (primary N) is 1. The van der Waals surface area contributed by atoms with E-state index in [1.807, 2.05) is 6.92 Å². The number of aromatic amines is 1. The summed E-state index contributed by atoms with van der Waals surface area (Å²) in [4.78, 5) is 11.4. The molecule has 0 bridgehead atoms. The van der Waals surface area contributed by atoms with Crippen LogP contribution in [0.2, 0.25) is 0 Å². The molecule has 1 fully saturated rings. The zero-order valence-electron chi connectivity index (χ0n) is 12.1. The van der Waals surface area contributed by atoms with Crippen LogP contribution in [0.25, 0.3) is 0 Å². The second-order valence-electron chi connectivity index (χ2n) is 6.35. The molecule has 0 radical (unpaired) electrons. The molecule has 3 unspecified atom stereocenters. The van der Waals surface area contributed by atoms with Crippen LogP contribution in [0.15, 0.2) is 0 Å². The molecule has 2 rings (SSSR count). The van der Waals surface area contributed by atoms with Crippen LogP contribution in [0.4, 0.5) is 0 Å². The molecule has 1 aliphatic heterocycles. The first-order valence-corrected chi connectivity index (χ1v) is 6.72. The van der Waals surface area contributed by atoms with Gasteiger partial charge in [-0.1, -0.05) is 12.1 Å². The maximum Gasteiger partial charge on any atom is 0.309 e. The third kappa shape index (κ3) is 2.40. The minimum Gasteiger partial charge on any atom is -0.481 e. The van der Waals surface area contributed by atoms with Crippen molar-refractivity contribution in [3.63, 3.8) is 0 Å². The van der Waals surface area contributed by atoms with E-state index in [4.69, 9.17) is 5.73 Å². The van der Waals surface area contributed by atoms with Gasteiger partial charge in [-0.2, -0.15) is 5.21 Å². The quantitative estimate of drug-likeness (QED) is 0.553. The zero-order valence-corrected chi connectivity index (χ0v) is 12.1. The van der Waals surface area contributed by atoms with Crippen LogP contribution in [-0.4, -0.2) is 50.8 Å². The Bertz CT molecular complexity index is 474. The van der Waals surface area contributed by atoms with Gasteiger partial charge in [0.05, 0.1) is 5.41 Å². The average Bonchev–Trinajstić information content (AvgIpc) is 2.88. The van der Waals surface area contributed by atoms with Gasteiger partial charge >= 0.3 is 5.97 Å². The first-order chi connectivity index (χ1) is 9.31. The maximum absolute atomic E-state index is 11.4. The Balaban J connectivity index is 2.12. The SMILES string of the molecule is CC(CN)(CC1NCC1C(C)(C)C(=O)O)c1nn[nH]n1. The molecule has 8 nitrogen and oxygen atoms in total. The van der Waals surface area contributed by atoms with Crippen molar-refractivity contribution >= 4 is 5.97 Å². The van der Waals surface area contributed by atoms with E-state index >= 15 is 0 Å². The molecule has 0 saturated carbocycles. The Morgan fingerprint density at radius 3 is 2.60 bits per heavy atom. The lowest BCUT2D eigenvalue weighted by Crippen LogP contribution is -2.62. The molecule has 5 N–H and O–H groups in total. The predicted octanol–water partition coefficient (Wildman–Crippen LogP) is -0.495. The van der Waals surface area contributed by atoms with Crippen LogP contribution in [-0.2, 0) is 10.2 Å². The fraction of sp³-hybridized carbons (Fsp3) is 0.833. The van der Waals surface area contributed by atoms with Crippen LogP contribution in [0.5, 0.6) is 0 Å². The van der Waals surface area contributed by atoms with Gasteiger partial charge in [0, 0.05) is 30.5 Å². The zero-order chi connectivity index (χ0) is 15.0. The Morgan fingerprint density at radius 1 is 1.50 bits per heavy atom. The summed E-state index contributed by atoms with van der Waals surface area (Å²) >= 11 is 0. The molecule has 20 heavy (non-hydrogen) atoms. The number of aliphatic carboxylic acids is 1. The van der Waals surface area contributed by atoms with Crippen molar-refractivity contribution in [2.24, 2.45) is 17.1 Å². The monoisotopic (exact) mass is 282 g/mol. The van der Waals surface area contributed by atoms with E-state index in [1.54, 1.807) is 13.8 Å². The lowest BCUT2D eigenvalue weighted by Gasteiger charge is -2.48. The normalized spacial score (nSPS) is 25.8. The number of carbonyl (C=O) groups is 1. The highest BCUT2D eigenvalue weighted by atomic mass is 16.4. The van der Waals surface area contributed by atoms with Gasteiger partial charge in [0.15, 0.2) is 5.82 Å². The number of carboxylic acids is 1. The van der Waals surface area contributed by atoms with Gasteiger partial charge in [-0.05, 0) is 20.3 Å². The molecule has 0 aromatic carbocycles. The topological polar surface area (TPSA) is 130 Å². The smallest absolute Gasteiger partial charge is 0.309 e. The van der Waals surface area contributed by atoms with Gasteiger partial charge in [-0.15, -0.1) is 10.2 Å². The average molecular weight is 282 g/mol. The number of carboxylic acid groups (broad SMARTS) is 1. The molecular formula is C12H22N6O2. The van der Waals surface area contributed by atoms with Gasteiger partial charge in [0.2, 0.25) is 0 Å². The van der Waals surface area contributed by atoms with E-state index in [9.17, 15) is 9.90 Å². The van der Waals surface area contributed by atoms with Gasteiger partial charge in [0.1, 0.15) is 0 Å². The molecule has 0 spiro atoms. The van der Waals surface area contributed by atoms with Crippen molar-refractivity contribution in [2.45, 2.75) is 38.6 Å². The van der Waals surface area contributed by atoms with Crippen LogP contribution in [0.3, 0.4) is 0 Å². The molecule has 112 valence electrons. The second-order valence-corrected chi connectivity index (χ2v) is 6.35. The molecule has 0 aliphatic carbocycles. The fourth-order valence-corrected chi connectivity index (χ4v) is 2.70. The Labute approximate surface area is 117 Å². The summed E-state index contributed by atoms with van der Waals surface area (Å²) in [6.45, 7) is 6.59. The second kappa shape index (κ2) is 5.10. The van der Waals surface area contributed by atoms with Crippen LogP contribution >= 0.6 is 0 Å². The van der Waals surface area contributed by atoms with E-state index < -0.39 is 16.8 Å².